The van der Waals surface area contributed by atoms with E-state index in [9.17, 15) is 0 Å². The van der Waals surface area contributed by atoms with Gasteiger partial charge >= 0.3 is 0 Å². The minimum atomic E-state index is 0.744. The summed E-state index contributed by atoms with van der Waals surface area (Å²) in [5, 5.41) is 3.84. The fourth-order valence-corrected chi connectivity index (χ4v) is 4.81. The van der Waals surface area contributed by atoms with E-state index in [1.54, 1.807) is 6.26 Å². The van der Waals surface area contributed by atoms with Crippen molar-refractivity contribution in [1.29, 1.82) is 0 Å². The summed E-state index contributed by atoms with van der Waals surface area (Å²) in [4.78, 5) is 0. The SMILES string of the molecule is Cc1cc2ccoc2cc1-c1c2ccc(C3CCCC3)cc2cc(C)[n+]1C. The maximum Gasteiger partial charge on any atom is 0.220 e. The molecule has 0 atom stereocenters. The Morgan fingerprint density at radius 2 is 1.74 bits per heavy atom. The second-order valence-corrected chi connectivity index (χ2v) is 8.15. The fourth-order valence-electron chi connectivity index (χ4n) is 4.81. The molecule has 1 fully saturated rings. The second kappa shape index (κ2) is 6.23. The Balaban J connectivity index is 1.76. The predicted molar refractivity (Wildman–Crippen MR) is 111 cm³/mol. The second-order valence-electron chi connectivity index (χ2n) is 8.15. The molecule has 0 N–H and O–H groups in total. The summed E-state index contributed by atoms with van der Waals surface area (Å²) in [6, 6.07) is 15.9. The maximum absolute atomic E-state index is 5.69. The van der Waals surface area contributed by atoms with Gasteiger partial charge in [0.15, 0.2) is 5.69 Å². The maximum atomic E-state index is 5.69. The van der Waals surface area contributed by atoms with Gasteiger partial charge in [-0.25, -0.2) is 0 Å². The van der Waals surface area contributed by atoms with Crippen molar-refractivity contribution in [3.05, 3.63) is 65.5 Å². The summed E-state index contributed by atoms with van der Waals surface area (Å²) in [6.07, 6.45) is 7.20. The Labute approximate surface area is 160 Å². The Hall–Kier alpha value is -2.61. The first-order valence-electron chi connectivity index (χ1n) is 10.0. The lowest BCUT2D eigenvalue weighted by Gasteiger charge is -2.13. The largest absolute Gasteiger partial charge is 0.464 e. The third kappa shape index (κ3) is 2.66. The minimum absolute atomic E-state index is 0.744. The van der Waals surface area contributed by atoms with Gasteiger partial charge in [0.1, 0.15) is 12.6 Å². The topological polar surface area (TPSA) is 17.0 Å². The number of pyridine rings is 1. The summed E-state index contributed by atoms with van der Waals surface area (Å²) in [5.74, 6) is 0.744. The van der Waals surface area contributed by atoms with Crippen molar-refractivity contribution in [3.63, 3.8) is 0 Å². The van der Waals surface area contributed by atoms with Crippen molar-refractivity contribution in [2.75, 3.05) is 0 Å². The molecule has 0 saturated heterocycles. The molecule has 0 aliphatic heterocycles. The van der Waals surface area contributed by atoms with Gasteiger partial charge in [0, 0.05) is 18.4 Å². The molecule has 4 aromatic rings. The van der Waals surface area contributed by atoms with E-state index in [0.29, 0.717) is 0 Å². The Bertz CT molecular complexity index is 1160. The number of fused-ring (bicyclic) bond motifs is 2. The third-order valence-corrected chi connectivity index (χ3v) is 6.44. The first-order chi connectivity index (χ1) is 13.1. The van der Waals surface area contributed by atoms with Gasteiger partial charge in [-0.1, -0.05) is 25.0 Å². The Morgan fingerprint density at radius 3 is 2.56 bits per heavy atom. The number of aryl methyl sites for hydroxylation is 2. The van der Waals surface area contributed by atoms with Gasteiger partial charge in [0.2, 0.25) is 5.69 Å². The molecule has 0 bridgehead atoms. The molecular weight excluding hydrogens is 330 g/mol. The van der Waals surface area contributed by atoms with E-state index < -0.39 is 0 Å². The summed E-state index contributed by atoms with van der Waals surface area (Å²) in [7, 11) is 2.17. The zero-order valence-electron chi connectivity index (χ0n) is 16.4. The lowest BCUT2D eigenvalue weighted by Crippen LogP contribution is -2.35. The van der Waals surface area contributed by atoms with Crippen LogP contribution in [0.3, 0.4) is 0 Å². The van der Waals surface area contributed by atoms with E-state index in [-0.39, 0.29) is 0 Å². The van der Waals surface area contributed by atoms with Crippen molar-refractivity contribution in [1.82, 2.24) is 0 Å². The minimum Gasteiger partial charge on any atom is -0.464 e. The third-order valence-electron chi connectivity index (χ3n) is 6.44. The standard InChI is InChI=1S/C25H26NO/c1-16-12-20-10-11-27-24(20)15-23(16)25-22-9-8-19(18-6-4-5-7-18)14-21(22)13-17(2)26(25)3/h8-15,18H,4-7H2,1-3H3/q+1. The molecule has 0 unspecified atom stereocenters. The number of rotatable bonds is 2. The van der Waals surface area contributed by atoms with E-state index in [1.165, 1.54) is 69.9 Å². The van der Waals surface area contributed by atoms with Crippen LogP contribution in [-0.2, 0) is 7.05 Å². The molecule has 1 aliphatic carbocycles. The Morgan fingerprint density at radius 1 is 0.926 bits per heavy atom. The monoisotopic (exact) mass is 356 g/mol. The molecule has 2 aromatic heterocycles. The summed E-state index contributed by atoms with van der Waals surface area (Å²) in [6.45, 7) is 4.40. The van der Waals surface area contributed by atoms with Crippen molar-refractivity contribution >= 4 is 21.7 Å². The molecule has 5 rings (SSSR count). The zero-order chi connectivity index (χ0) is 18.5. The van der Waals surface area contributed by atoms with Gasteiger partial charge in [0.25, 0.3) is 0 Å². The highest BCUT2D eigenvalue weighted by Gasteiger charge is 2.23. The van der Waals surface area contributed by atoms with Gasteiger partial charge in [0.05, 0.1) is 17.2 Å². The molecule has 2 aromatic carbocycles. The van der Waals surface area contributed by atoms with Crippen LogP contribution in [0, 0.1) is 13.8 Å². The van der Waals surface area contributed by atoms with E-state index in [4.69, 9.17) is 4.42 Å². The number of benzene rings is 2. The van der Waals surface area contributed by atoms with Gasteiger partial charge in [-0.15, -0.1) is 0 Å². The average Bonchev–Trinajstić information content (AvgIpc) is 3.33. The highest BCUT2D eigenvalue weighted by Crippen LogP contribution is 2.37. The summed E-state index contributed by atoms with van der Waals surface area (Å²) < 4.78 is 8.01. The molecule has 1 aliphatic rings. The van der Waals surface area contributed by atoms with E-state index in [2.05, 4.69) is 61.9 Å². The van der Waals surface area contributed by atoms with Crippen LogP contribution >= 0.6 is 0 Å². The number of furan rings is 1. The van der Waals surface area contributed by atoms with Crippen LogP contribution in [0.25, 0.3) is 33.0 Å². The van der Waals surface area contributed by atoms with Crippen LogP contribution in [0.1, 0.15) is 48.4 Å². The van der Waals surface area contributed by atoms with Gasteiger partial charge in [-0.2, -0.15) is 4.57 Å². The first kappa shape index (κ1) is 16.6. The molecule has 2 heterocycles. The van der Waals surface area contributed by atoms with Crippen LogP contribution in [0.2, 0.25) is 0 Å². The van der Waals surface area contributed by atoms with Crippen molar-refractivity contribution in [3.8, 4) is 11.3 Å². The zero-order valence-corrected chi connectivity index (χ0v) is 16.4. The van der Waals surface area contributed by atoms with Gasteiger partial charge in [-0.3, -0.25) is 0 Å². The molecule has 136 valence electrons. The number of aromatic nitrogens is 1. The van der Waals surface area contributed by atoms with Gasteiger partial charge < -0.3 is 4.42 Å². The number of hydrogen-bond donors (Lipinski definition) is 0. The molecule has 2 nitrogen and oxygen atoms in total. The highest BCUT2D eigenvalue weighted by molar-refractivity contribution is 5.96. The van der Waals surface area contributed by atoms with Crippen LogP contribution in [0.4, 0.5) is 0 Å². The summed E-state index contributed by atoms with van der Waals surface area (Å²) >= 11 is 0. The first-order valence-corrected chi connectivity index (χ1v) is 10.0. The number of nitrogens with zero attached hydrogens (tertiary/aromatic N) is 1. The van der Waals surface area contributed by atoms with E-state index in [1.807, 2.05) is 6.07 Å². The highest BCUT2D eigenvalue weighted by atomic mass is 16.3. The molecule has 0 radical (unpaired) electrons. The lowest BCUT2D eigenvalue weighted by atomic mass is 9.92. The molecule has 0 spiro atoms. The fraction of sp³-hybridized carbons (Fsp3) is 0.320. The van der Waals surface area contributed by atoms with Crippen molar-refractivity contribution in [2.24, 2.45) is 7.05 Å². The van der Waals surface area contributed by atoms with Gasteiger partial charge in [-0.05, 0) is 66.5 Å². The predicted octanol–water partition coefficient (Wildman–Crippen LogP) is 6.35. The quantitative estimate of drug-likeness (QED) is 0.382. The van der Waals surface area contributed by atoms with Crippen LogP contribution in [-0.4, -0.2) is 0 Å². The lowest BCUT2D eigenvalue weighted by molar-refractivity contribution is -0.665. The van der Waals surface area contributed by atoms with Crippen molar-refractivity contribution in [2.45, 2.75) is 45.4 Å². The van der Waals surface area contributed by atoms with E-state index >= 15 is 0 Å². The number of hydrogen-bond acceptors (Lipinski definition) is 1. The van der Waals surface area contributed by atoms with Crippen molar-refractivity contribution < 1.29 is 8.98 Å². The molecule has 1 saturated carbocycles. The smallest absolute Gasteiger partial charge is 0.220 e. The van der Waals surface area contributed by atoms with Crippen LogP contribution in [0.15, 0.2) is 53.1 Å². The van der Waals surface area contributed by atoms with E-state index in [0.717, 1.165) is 11.5 Å². The molecular formula is C25H26NO+. The average molecular weight is 356 g/mol. The summed E-state index contributed by atoms with van der Waals surface area (Å²) in [5.41, 5.74) is 7.55. The Kier molecular flexibility index (Phi) is 3.82. The molecule has 0 amide bonds. The molecule has 2 heteroatoms. The van der Waals surface area contributed by atoms with Crippen LogP contribution < -0.4 is 4.57 Å². The van der Waals surface area contributed by atoms with Crippen LogP contribution in [0.5, 0.6) is 0 Å². The normalized spacial score (nSPS) is 15.2. The molecule has 27 heavy (non-hydrogen) atoms.